The molecule has 2 aromatic rings. The molecule has 0 unspecified atom stereocenters. The van der Waals surface area contributed by atoms with Gasteiger partial charge in [-0.25, -0.2) is 4.39 Å². The number of amides is 1. The zero-order valence-corrected chi connectivity index (χ0v) is 12.4. The van der Waals surface area contributed by atoms with Crippen molar-refractivity contribution < 1.29 is 13.9 Å². The molecule has 0 bridgehead atoms. The molecule has 0 aromatic heterocycles. The first-order chi connectivity index (χ1) is 10.7. The number of hydrogen-bond acceptors (Lipinski definition) is 3. The number of rotatable bonds is 7. The van der Waals surface area contributed by atoms with Crippen molar-refractivity contribution >= 4 is 11.6 Å². The van der Waals surface area contributed by atoms with Gasteiger partial charge in [0, 0.05) is 19.3 Å². The van der Waals surface area contributed by atoms with Crippen LogP contribution in [0.5, 0.6) is 0 Å². The number of ether oxygens (including phenoxy) is 1. The van der Waals surface area contributed by atoms with Crippen molar-refractivity contribution in [1.82, 2.24) is 5.32 Å². The quantitative estimate of drug-likeness (QED) is 0.773. The van der Waals surface area contributed by atoms with Crippen molar-refractivity contribution in [2.24, 2.45) is 0 Å². The van der Waals surface area contributed by atoms with Crippen LogP contribution in [0.2, 0.25) is 0 Å². The molecule has 0 spiro atoms. The van der Waals surface area contributed by atoms with Crippen LogP contribution in [0.25, 0.3) is 0 Å². The molecule has 4 nitrogen and oxygen atoms in total. The van der Waals surface area contributed by atoms with Crippen molar-refractivity contribution in [1.29, 1.82) is 0 Å². The fourth-order valence-electron chi connectivity index (χ4n) is 2.06. The van der Waals surface area contributed by atoms with E-state index in [0.717, 1.165) is 5.56 Å². The lowest BCUT2D eigenvalue weighted by atomic mass is 10.1. The molecule has 0 radical (unpaired) electrons. The minimum absolute atomic E-state index is 0.200. The second-order valence-corrected chi connectivity index (χ2v) is 4.79. The Morgan fingerprint density at radius 1 is 1.14 bits per heavy atom. The monoisotopic (exact) mass is 302 g/mol. The molecule has 1 amide bonds. The molecule has 2 N–H and O–H groups in total. The summed E-state index contributed by atoms with van der Waals surface area (Å²) in [5.74, 6) is -0.537. The van der Waals surface area contributed by atoms with Gasteiger partial charge in [-0.1, -0.05) is 30.3 Å². The second-order valence-electron chi connectivity index (χ2n) is 4.79. The molecule has 0 aliphatic rings. The Labute approximate surface area is 129 Å². The highest BCUT2D eigenvalue weighted by molar-refractivity contribution is 5.95. The van der Waals surface area contributed by atoms with E-state index in [4.69, 9.17) is 4.74 Å². The lowest BCUT2D eigenvalue weighted by molar-refractivity contribution is -0.118. The highest BCUT2D eigenvalue weighted by Crippen LogP contribution is 2.16. The molecule has 0 fully saturated rings. The third-order valence-electron chi connectivity index (χ3n) is 3.16. The molecule has 0 heterocycles. The van der Waals surface area contributed by atoms with Crippen molar-refractivity contribution in [3.63, 3.8) is 0 Å². The van der Waals surface area contributed by atoms with Crippen LogP contribution in [0.4, 0.5) is 10.1 Å². The SMILES string of the molecule is COCCN[C@H](C(=O)Nc1ccc(F)cc1)c1ccccc1. The van der Waals surface area contributed by atoms with Crippen molar-refractivity contribution in [3.05, 3.63) is 66.0 Å². The second kappa shape index (κ2) is 8.26. The summed E-state index contributed by atoms with van der Waals surface area (Å²) in [5, 5.41) is 5.94. The molecule has 116 valence electrons. The highest BCUT2D eigenvalue weighted by atomic mass is 19.1. The smallest absolute Gasteiger partial charge is 0.246 e. The van der Waals surface area contributed by atoms with Crippen molar-refractivity contribution in [3.8, 4) is 0 Å². The van der Waals surface area contributed by atoms with Crippen LogP contribution in [0.3, 0.4) is 0 Å². The van der Waals surface area contributed by atoms with Crippen LogP contribution in [-0.2, 0) is 9.53 Å². The number of hydrogen-bond donors (Lipinski definition) is 2. The summed E-state index contributed by atoms with van der Waals surface area (Å²) in [6.07, 6.45) is 0. The van der Waals surface area contributed by atoms with Crippen LogP contribution in [-0.4, -0.2) is 26.2 Å². The van der Waals surface area contributed by atoms with E-state index in [2.05, 4.69) is 10.6 Å². The maximum absolute atomic E-state index is 12.9. The topological polar surface area (TPSA) is 50.4 Å². The van der Waals surface area contributed by atoms with Gasteiger partial charge < -0.3 is 10.1 Å². The van der Waals surface area contributed by atoms with Gasteiger partial charge in [-0.05, 0) is 29.8 Å². The first-order valence-corrected chi connectivity index (χ1v) is 7.04. The zero-order chi connectivity index (χ0) is 15.8. The lowest BCUT2D eigenvalue weighted by Crippen LogP contribution is -2.34. The summed E-state index contributed by atoms with van der Waals surface area (Å²) in [7, 11) is 1.61. The molecule has 22 heavy (non-hydrogen) atoms. The summed E-state index contributed by atoms with van der Waals surface area (Å²) >= 11 is 0. The first-order valence-electron chi connectivity index (χ1n) is 7.04. The number of carbonyl (C=O) groups is 1. The van der Waals surface area contributed by atoms with Gasteiger partial charge in [0.15, 0.2) is 0 Å². The van der Waals surface area contributed by atoms with Crippen LogP contribution in [0.15, 0.2) is 54.6 Å². The van der Waals surface area contributed by atoms with E-state index in [1.165, 1.54) is 24.3 Å². The Hall–Kier alpha value is -2.24. The van der Waals surface area contributed by atoms with E-state index in [0.29, 0.717) is 18.8 Å². The standard InChI is InChI=1S/C17H19FN2O2/c1-22-12-11-19-16(13-5-3-2-4-6-13)17(21)20-15-9-7-14(18)8-10-15/h2-10,16,19H,11-12H2,1H3,(H,20,21)/t16-/m0/s1. The summed E-state index contributed by atoms with van der Waals surface area (Å²) in [5.41, 5.74) is 1.42. The molecule has 0 saturated heterocycles. The maximum Gasteiger partial charge on any atom is 0.246 e. The summed E-state index contributed by atoms with van der Waals surface area (Å²) < 4.78 is 17.9. The van der Waals surface area contributed by atoms with E-state index in [1.54, 1.807) is 7.11 Å². The van der Waals surface area contributed by atoms with Gasteiger partial charge in [0.25, 0.3) is 0 Å². The van der Waals surface area contributed by atoms with Crippen LogP contribution in [0, 0.1) is 5.82 Å². The summed E-state index contributed by atoms with van der Waals surface area (Å²) in [4.78, 5) is 12.5. The van der Waals surface area contributed by atoms with Crippen LogP contribution in [0.1, 0.15) is 11.6 Å². The number of carbonyl (C=O) groups excluding carboxylic acids is 1. The molecule has 2 rings (SSSR count). The van der Waals surface area contributed by atoms with E-state index in [-0.39, 0.29) is 11.7 Å². The highest BCUT2D eigenvalue weighted by Gasteiger charge is 2.19. The van der Waals surface area contributed by atoms with E-state index in [1.807, 2.05) is 30.3 Å². The molecule has 2 aromatic carbocycles. The maximum atomic E-state index is 12.9. The van der Waals surface area contributed by atoms with Gasteiger partial charge in [0.1, 0.15) is 11.9 Å². The van der Waals surface area contributed by atoms with E-state index < -0.39 is 6.04 Å². The van der Waals surface area contributed by atoms with Gasteiger partial charge in [0.05, 0.1) is 6.61 Å². The van der Waals surface area contributed by atoms with Gasteiger partial charge >= 0.3 is 0 Å². The number of anilines is 1. The molecule has 0 saturated carbocycles. The van der Waals surface area contributed by atoms with E-state index in [9.17, 15) is 9.18 Å². The third-order valence-corrected chi connectivity index (χ3v) is 3.16. The predicted molar refractivity (Wildman–Crippen MR) is 84.1 cm³/mol. The van der Waals surface area contributed by atoms with Gasteiger partial charge in [0.2, 0.25) is 5.91 Å². The molecular formula is C17H19FN2O2. The molecular weight excluding hydrogens is 283 g/mol. The first kappa shape index (κ1) is 16.1. The Balaban J connectivity index is 2.09. The van der Waals surface area contributed by atoms with E-state index >= 15 is 0 Å². The normalized spacial score (nSPS) is 11.9. The largest absolute Gasteiger partial charge is 0.383 e. The Bertz CT molecular complexity index is 587. The minimum atomic E-state index is -0.499. The third kappa shape index (κ3) is 4.65. The lowest BCUT2D eigenvalue weighted by Gasteiger charge is -2.18. The van der Waals surface area contributed by atoms with Gasteiger partial charge in [-0.3, -0.25) is 10.1 Å². The average molecular weight is 302 g/mol. The number of methoxy groups -OCH3 is 1. The predicted octanol–water partition coefficient (Wildman–Crippen LogP) is 2.74. The minimum Gasteiger partial charge on any atom is -0.383 e. The average Bonchev–Trinajstić information content (AvgIpc) is 2.54. The summed E-state index contributed by atoms with van der Waals surface area (Å²) in [6.45, 7) is 1.06. The van der Waals surface area contributed by atoms with Crippen molar-refractivity contribution in [2.75, 3.05) is 25.6 Å². The number of nitrogens with one attached hydrogen (secondary N) is 2. The number of benzene rings is 2. The van der Waals surface area contributed by atoms with Gasteiger partial charge in [-0.2, -0.15) is 0 Å². The molecule has 0 aliphatic carbocycles. The molecule has 1 atom stereocenters. The van der Waals surface area contributed by atoms with Gasteiger partial charge in [-0.15, -0.1) is 0 Å². The Kier molecular flexibility index (Phi) is 6.06. The van der Waals surface area contributed by atoms with Crippen molar-refractivity contribution in [2.45, 2.75) is 6.04 Å². The summed E-state index contributed by atoms with van der Waals surface area (Å²) in [6, 6.07) is 14.6. The fourth-order valence-corrected chi connectivity index (χ4v) is 2.06. The fraction of sp³-hybridized carbons (Fsp3) is 0.235. The Morgan fingerprint density at radius 3 is 2.45 bits per heavy atom. The Morgan fingerprint density at radius 2 is 1.82 bits per heavy atom. The molecule has 5 heteroatoms. The number of halogens is 1. The van der Waals surface area contributed by atoms with Crippen LogP contribution >= 0.6 is 0 Å². The van der Waals surface area contributed by atoms with Crippen LogP contribution < -0.4 is 10.6 Å². The molecule has 0 aliphatic heterocycles. The zero-order valence-electron chi connectivity index (χ0n) is 12.4.